The molecule has 0 bridgehead atoms. The molecule has 2 aromatic rings. The van der Waals surface area contributed by atoms with Gasteiger partial charge < -0.3 is 15.6 Å². The maximum Gasteiger partial charge on any atom is 0.356 e. The second-order valence-electron chi connectivity index (χ2n) is 4.52. The number of carbonyl (C=O) groups is 1. The molecule has 0 amide bonds. The highest BCUT2D eigenvalue weighted by Gasteiger charge is 2.26. The van der Waals surface area contributed by atoms with E-state index in [9.17, 15) is 18.0 Å². The van der Waals surface area contributed by atoms with Gasteiger partial charge in [-0.05, 0) is 6.07 Å². The number of methoxy groups -OCH3 is 1. The first kappa shape index (κ1) is 18.2. The Labute approximate surface area is 143 Å². The zero-order valence-electron chi connectivity index (χ0n) is 11.9. The molecule has 1 aromatic heterocycles. The third kappa shape index (κ3) is 2.94. The van der Waals surface area contributed by atoms with E-state index in [0.717, 1.165) is 13.3 Å². The van der Waals surface area contributed by atoms with Crippen molar-refractivity contribution in [3.8, 4) is 16.9 Å². The molecule has 0 aliphatic heterocycles. The first-order chi connectivity index (χ1) is 11.2. The van der Waals surface area contributed by atoms with Crippen LogP contribution in [-0.2, 0) is 0 Å². The van der Waals surface area contributed by atoms with E-state index in [4.69, 9.17) is 38.8 Å². The van der Waals surface area contributed by atoms with E-state index in [2.05, 4.69) is 4.98 Å². The molecule has 0 saturated heterocycles. The van der Waals surface area contributed by atoms with E-state index in [-0.39, 0.29) is 16.8 Å². The number of pyridine rings is 1. The van der Waals surface area contributed by atoms with E-state index < -0.39 is 45.3 Å². The monoisotopic (exact) mass is 380 g/mol. The fraction of sp³-hybridized carbons (Fsp3) is 0.143. The molecule has 0 aliphatic rings. The standard InChI is InChI=1S/C14H9Cl2F3N2O3/c1-24-12-4(13(18)19)2-6(17)7(8(12)15)5-3-21-11(14(22)23)9(16)10(5)20/h2-3,13H,1H3,(H2,20,21)(H,22,23). The zero-order valence-corrected chi connectivity index (χ0v) is 13.4. The second-order valence-corrected chi connectivity index (χ2v) is 5.28. The zero-order chi connectivity index (χ0) is 18.2. The summed E-state index contributed by atoms with van der Waals surface area (Å²) < 4.78 is 45.1. The summed E-state index contributed by atoms with van der Waals surface area (Å²) >= 11 is 11.8. The second kappa shape index (κ2) is 6.74. The number of anilines is 1. The van der Waals surface area contributed by atoms with Crippen LogP contribution >= 0.6 is 23.2 Å². The van der Waals surface area contributed by atoms with Crippen LogP contribution in [0.5, 0.6) is 5.75 Å². The van der Waals surface area contributed by atoms with Crippen LogP contribution in [0.4, 0.5) is 18.9 Å². The summed E-state index contributed by atoms with van der Waals surface area (Å²) in [6, 6.07) is 0.559. The summed E-state index contributed by atoms with van der Waals surface area (Å²) in [7, 11) is 1.09. The number of carboxylic acids is 1. The fourth-order valence-corrected chi connectivity index (χ4v) is 2.69. The first-order valence-corrected chi connectivity index (χ1v) is 6.97. The van der Waals surface area contributed by atoms with E-state index in [1.165, 1.54) is 0 Å². The Balaban J connectivity index is 2.79. The Morgan fingerprint density at radius 2 is 2.00 bits per heavy atom. The maximum atomic E-state index is 14.3. The Kier molecular flexibility index (Phi) is 5.10. The quantitative estimate of drug-likeness (QED) is 0.819. The van der Waals surface area contributed by atoms with Crippen molar-refractivity contribution in [2.75, 3.05) is 12.8 Å². The Bertz CT molecular complexity index is 832. The van der Waals surface area contributed by atoms with Crippen molar-refractivity contribution in [3.63, 3.8) is 0 Å². The van der Waals surface area contributed by atoms with Gasteiger partial charge in [-0.2, -0.15) is 0 Å². The third-order valence-corrected chi connectivity index (χ3v) is 3.91. The van der Waals surface area contributed by atoms with Crippen LogP contribution in [0.2, 0.25) is 10.0 Å². The lowest BCUT2D eigenvalue weighted by atomic mass is 10.0. The van der Waals surface area contributed by atoms with Gasteiger partial charge in [-0.3, -0.25) is 0 Å². The molecule has 0 aliphatic carbocycles. The molecular weight excluding hydrogens is 372 g/mol. The lowest BCUT2D eigenvalue weighted by Crippen LogP contribution is -2.06. The van der Waals surface area contributed by atoms with Gasteiger partial charge in [-0.25, -0.2) is 22.9 Å². The maximum absolute atomic E-state index is 14.3. The minimum absolute atomic E-state index is 0.147. The van der Waals surface area contributed by atoms with Crippen LogP contribution in [-0.4, -0.2) is 23.2 Å². The molecular formula is C14H9Cl2F3N2O3. The number of nitrogens with two attached hydrogens (primary N) is 1. The number of halogens is 5. The number of benzene rings is 1. The van der Waals surface area contributed by atoms with Gasteiger partial charge in [0, 0.05) is 17.3 Å². The van der Waals surface area contributed by atoms with Crippen molar-refractivity contribution in [1.29, 1.82) is 0 Å². The van der Waals surface area contributed by atoms with Gasteiger partial charge in [0.25, 0.3) is 6.43 Å². The van der Waals surface area contributed by atoms with Crippen molar-refractivity contribution in [2.45, 2.75) is 6.43 Å². The number of rotatable bonds is 4. The molecule has 0 radical (unpaired) electrons. The van der Waals surface area contributed by atoms with Crippen molar-refractivity contribution < 1.29 is 27.8 Å². The van der Waals surface area contributed by atoms with Gasteiger partial charge in [-0.1, -0.05) is 23.2 Å². The van der Waals surface area contributed by atoms with Gasteiger partial charge >= 0.3 is 5.97 Å². The summed E-state index contributed by atoms with van der Waals surface area (Å²) in [6.45, 7) is 0. The fourth-order valence-electron chi connectivity index (χ4n) is 2.09. The van der Waals surface area contributed by atoms with Crippen LogP contribution < -0.4 is 10.5 Å². The number of nitrogen functional groups attached to an aromatic ring is 1. The number of aromatic nitrogens is 1. The average molecular weight is 381 g/mol. The summed E-state index contributed by atoms with van der Waals surface area (Å²) in [4.78, 5) is 14.6. The highest BCUT2D eigenvalue weighted by molar-refractivity contribution is 6.37. The number of nitrogens with zero attached hydrogens (tertiary/aromatic N) is 1. The average Bonchev–Trinajstić information content (AvgIpc) is 2.50. The number of aromatic carboxylic acids is 1. The molecule has 0 atom stereocenters. The SMILES string of the molecule is COc1c(C(F)F)cc(F)c(-c2cnc(C(=O)O)c(Cl)c2N)c1Cl. The molecule has 3 N–H and O–H groups in total. The van der Waals surface area contributed by atoms with Crippen LogP contribution in [0.15, 0.2) is 12.3 Å². The third-order valence-electron chi connectivity index (χ3n) is 3.17. The molecule has 24 heavy (non-hydrogen) atoms. The van der Waals surface area contributed by atoms with E-state index in [1.54, 1.807) is 0 Å². The molecule has 5 nitrogen and oxygen atoms in total. The number of carboxylic acid groups (broad SMARTS) is 1. The molecule has 10 heteroatoms. The topological polar surface area (TPSA) is 85.4 Å². The molecule has 1 aromatic carbocycles. The molecule has 0 fully saturated rings. The minimum Gasteiger partial charge on any atom is -0.495 e. The molecule has 0 unspecified atom stereocenters. The van der Waals surface area contributed by atoms with E-state index in [0.29, 0.717) is 6.07 Å². The van der Waals surface area contributed by atoms with Crippen molar-refractivity contribution in [3.05, 3.63) is 39.4 Å². The summed E-state index contributed by atoms with van der Waals surface area (Å²) in [5.74, 6) is -2.97. The molecule has 0 spiro atoms. The van der Waals surface area contributed by atoms with Gasteiger partial charge in [0.1, 0.15) is 11.6 Å². The van der Waals surface area contributed by atoms with Crippen LogP contribution in [0, 0.1) is 5.82 Å². The van der Waals surface area contributed by atoms with E-state index >= 15 is 0 Å². The first-order valence-electron chi connectivity index (χ1n) is 6.22. The van der Waals surface area contributed by atoms with Gasteiger partial charge in [0.2, 0.25) is 0 Å². The van der Waals surface area contributed by atoms with Crippen molar-refractivity contribution in [1.82, 2.24) is 4.98 Å². The smallest absolute Gasteiger partial charge is 0.356 e. The predicted molar refractivity (Wildman–Crippen MR) is 82.5 cm³/mol. The number of hydrogen-bond donors (Lipinski definition) is 2. The minimum atomic E-state index is -3.02. The van der Waals surface area contributed by atoms with Crippen molar-refractivity contribution in [2.24, 2.45) is 0 Å². The molecule has 1 heterocycles. The van der Waals surface area contributed by atoms with Gasteiger partial charge in [0.15, 0.2) is 5.69 Å². The largest absolute Gasteiger partial charge is 0.495 e. The lowest BCUT2D eigenvalue weighted by molar-refractivity contribution is 0.0690. The van der Waals surface area contributed by atoms with Crippen molar-refractivity contribution >= 4 is 34.9 Å². The van der Waals surface area contributed by atoms with E-state index in [1.807, 2.05) is 0 Å². The highest BCUT2D eigenvalue weighted by Crippen LogP contribution is 2.45. The molecule has 0 saturated carbocycles. The predicted octanol–water partition coefficient (Wildman–Crippen LogP) is 4.42. The number of alkyl halides is 2. The van der Waals surface area contributed by atoms with Gasteiger partial charge in [0.05, 0.1) is 28.4 Å². The molecule has 128 valence electrons. The van der Waals surface area contributed by atoms with Crippen LogP contribution in [0.3, 0.4) is 0 Å². The van der Waals surface area contributed by atoms with Gasteiger partial charge in [-0.15, -0.1) is 0 Å². The Hall–Kier alpha value is -2.19. The lowest BCUT2D eigenvalue weighted by Gasteiger charge is -2.16. The van der Waals surface area contributed by atoms with Crippen LogP contribution in [0.1, 0.15) is 22.5 Å². The molecule has 2 rings (SSSR count). The highest BCUT2D eigenvalue weighted by atomic mass is 35.5. The normalized spacial score (nSPS) is 11.0. The number of ether oxygens (including phenoxy) is 1. The summed E-state index contributed by atoms with van der Waals surface area (Å²) in [6.07, 6.45) is -2.08. The Morgan fingerprint density at radius 3 is 2.50 bits per heavy atom. The number of hydrogen-bond acceptors (Lipinski definition) is 4. The van der Waals surface area contributed by atoms with Crippen LogP contribution in [0.25, 0.3) is 11.1 Å². The summed E-state index contributed by atoms with van der Waals surface area (Å²) in [5, 5.41) is 8.05. The summed E-state index contributed by atoms with van der Waals surface area (Å²) in [5.41, 5.74) is 3.63. The Morgan fingerprint density at radius 1 is 1.38 bits per heavy atom.